The molecular formula is C15H15N5O. The van der Waals surface area contributed by atoms with Crippen LogP contribution in [0.3, 0.4) is 0 Å². The second kappa shape index (κ2) is 5.12. The van der Waals surface area contributed by atoms with E-state index in [1.54, 1.807) is 12.4 Å². The maximum atomic E-state index is 5.76. The van der Waals surface area contributed by atoms with Gasteiger partial charge in [-0.1, -0.05) is 12.5 Å². The average Bonchev–Trinajstić information content (AvgIpc) is 3.08. The molecule has 0 radical (unpaired) electrons. The van der Waals surface area contributed by atoms with E-state index >= 15 is 0 Å². The fourth-order valence-corrected chi connectivity index (χ4v) is 2.46. The van der Waals surface area contributed by atoms with Crippen molar-refractivity contribution in [3.8, 4) is 11.5 Å². The lowest BCUT2D eigenvalue weighted by molar-refractivity contribution is 0.323. The molecule has 0 amide bonds. The number of imidazole rings is 1. The van der Waals surface area contributed by atoms with Crippen LogP contribution in [0.2, 0.25) is 0 Å². The molecule has 1 saturated carbocycles. The monoisotopic (exact) mass is 281 g/mol. The van der Waals surface area contributed by atoms with Crippen LogP contribution in [0.5, 0.6) is 0 Å². The Morgan fingerprint density at radius 1 is 1.14 bits per heavy atom. The van der Waals surface area contributed by atoms with Gasteiger partial charge in [0.2, 0.25) is 11.8 Å². The van der Waals surface area contributed by atoms with Crippen LogP contribution in [0.1, 0.15) is 37.0 Å². The maximum absolute atomic E-state index is 5.76. The van der Waals surface area contributed by atoms with Crippen molar-refractivity contribution in [3.05, 3.63) is 48.6 Å². The highest BCUT2D eigenvalue weighted by molar-refractivity contribution is 5.49. The summed E-state index contributed by atoms with van der Waals surface area (Å²) >= 11 is 0. The number of aromatic nitrogens is 5. The van der Waals surface area contributed by atoms with Gasteiger partial charge in [0.1, 0.15) is 12.2 Å². The zero-order valence-electron chi connectivity index (χ0n) is 11.5. The molecule has 6 heteroatoms. The molecule has 3 aromatic heterocycles. The first kappa shape index (κ1) is 12.3. The molecule has 0 aromatic carbocycles. The van der Waals surface area contributed by atoms with Crippen molar-refractivity contribution in [2.24, 2.45) is 0 Å². The predicted octanol–water partition coefficient (Wildman–Crippen LogP) is 2.64. The van der Waals surface area contributed by atoms with E-state index in [2.05, 4.69) is 20.2 Å². The minimum Gasteiger partial charge on any atom is -0.423 e. The number of hydrogen-bond donors (Lipinski definition) is 0. The predicted molar refractivity (Wildman–Crippen MR) is 75.5 cm³/mol. The van der Waals surface area contributed by atoms with Gasteiger partial charge < -0.3 is 8.98 Å². The molecule has 0 N–H and O–H groups in total. The number of pyridine rings is 1. The molecule has 1 aliphatic carbocycles. The van der Waals surface area contributed by atoms with Gasteiger partial charge in [-0.15, -0.1) is 10.2 Å². The summed E-state index contributed by atoms with van der Waals surface area (Å²) in [5, 5.41) is 8.30. The Balaban J connectivity index is 1.57. The highest BCUT2D eigenvalue weighted by Crippen LogP contribution is 2.35. The molecule has 106 valence electrons. The van der Waals surface area contributed by atoms with Crippen molar-refractivity contribution in [3.63, 3.8) is 0 Å². The minimum absolute atomic E-state index is 0.462. The summed E-state index contributed by atoms with van der Waals surface area (Å²) < 4.78 is 7.73. The van der Waals surface area contributed by atoms with E-state index < -0.39 is 0 Å². The largest absolute Gasteiger partial charge is 0.423 e. The van der Waals surface area contributed by atoms with E-state index in [0.717, 1.165) is 30.3 Å². The summed E-state index contributed by atoms with van der Waals surface area (Å²) in [6, 6.07) is 5.77. The van der Waals surface area contributed by atoms with E-state index in [4.69, 9.17) is 4.42 Å². The van der Waals surface area contributed by atoms with Crippen molar-refractivity contribution < 1.29 is 4.42 Å². The minimum atomic E-state index is 0.462. The van der Waals surface area contributed by atoms with Crippen LogP contribution in [0.15, 0.2) is 41.2 Å². The molecular weight excluding hydrogens is 266 g/mol. The Labute approximate surface area is 121 Å². The van der Waals surface area contributed by atoms with E-state index in [1.165, 1.54) is 6.42 Å². The van der Waals surface area contributed by atoms with Gasteiger partial charge in [0, 0.05) is 24.5 Å². The van der Waals surface area contributed by atoms with Gasteiger partial charge in [-0.25, -0.2) is 4.98 Å². The maximum Gasteiger partial charge on any atom is 0.236 e. The summed E-state index contributed by atoms with van der Waals surface area (Å²) in [6.45, 7) is 0.519. The second-order valence-electron chi connectivity index (χ2n) is 5.26. The molecule has 6 nitrogen and oxygen atoms in total. The molecule has 0 bridgehead atoms. The van der Waals surface area contributed by atoms with Crippen molar-refractivity contribution in [1.82, 2.24) is 24.7 Å². The third-order valence-corrected chi connectivity index (χ3v) is 3.85. The molecule has 0 saturated heterocycles. The Hall–Kier alpha value is -2.50. The average molecular weight is 281 g/mol. The van der Waals surface area contributed by atoms with Crippen molar-refractivity contribution in [2.75, 3.05) is 0 Å². The first-order valence-electron chi connectivity index (χ1n) is 7.15. The van der Waals surface area contributed by atoms with Gasteiger partial charge >= 0.3 is 0 Å². The van der Waals surface area contributed by atoms with E-state index in [0.29, 0.717) is 18.4 Å². The van der Waals surface area contributed by atoms with Crippen LogP contribution in [0.25, 0.3) is 11.5 Å². The van der Waals surface area contributed by atoms with Gasteiger partial charge in [0.25, 0.3) is 0 Å². The first-order chi connectivity index (χ1) is 10.4. The highest BCUT2D eigenvalue weighted by Gasteiger charge is 2.25. The van der Waals surface area contributed by atoms with Gasteiger partial charge in [-0.2, -0.15) is 0 Å². The molecule has 4 rings (SSSR count). The lowest BCUT2D eigenvalue weighted by atomic mass is 9.85. The Bertz CT molecular complexity index is 729. The van der Waals surface area contributed by atoms with Crippen LogP contribution in [-0.2, 0) is 6.54 Å². The molecule has 0 spiro atoms. The van der Waals surface area contributed by atoms with E-state index in [-0.39, 0.29) is 0 Å². The zero-order valence-corrected chi connectivity index (χ0v) is 11.5. The Morgan fingerprint density at radius 2 is 2.10 bits per heavy atom. The quantitative estimate of drug-likeness (QED) is 0.735. The summed E-state index contributed by atoms with van der Waals surface area (Å²) in [4.78, 5) is 8.69. The second-order valence-corrected chi connectivity index (χ2v) is 5.26. The lowest BCUT2D eigenvalue weighted by Gasteiger charge is -2.20. The van der Waals surface area contributed by atoms with Crippen molar-refractivity contribution in [2.45, 2.75) is 31.7 Å². The summed E-state index contributed by atoms with van der Waals surface area (Å²) in [5.41, 5.74) is 0.834. The molecule has 21 heavy (non-hydrogen) atoms. The zero-order chi connectivity index (χ0) is 14.1. The molecule has 1 fully saturated rings. The number of rotatable bonds is 4. The van der Waals surface area contributed by atoms with Crippen molar-refractivity contribution >= 4 is 0 Å². The van der Waals surface area contributed by atoms with Gasteiger partial charge in [0.15, 0.2) is 5.82 Å². The summed E-state index contributed by atoms with van der Waals surface area (Å²) in [5.74, 6) is 2.66. The van der Waals surface area contributed by atoms with Gasteiger partial charge in [0.05, 0.1) is 0 Å². The van der Waals surface area contributed by atoms with Crippen molar-refractivity contribution in [1.29, 1.82) is 0 Å². The third-order valence-electron chi connectivity index (χ3n) is 3.85. The first-order valence-corrected chi connectivity index (χ1v) is 7.15. The summed E-state index contributed by atoms with van der Waals surface area (Å²) in [7, 11) is 0. The molecule has 0 unspecified atom stereocenters. The molecule has 0 aliphatic heterocycles. The van der Waals surface area contributed by atoms with Crippen LogP contribution < -0.4 is 0 Å². The van der Waals surface area contributed by atoms with Crippen LogP contribution in [0.4, 0.5) is 0 Å². The standard InChI is InChI=1S/C15H15N5O/c1-2-7-16-12(6-1)14-17-8-9-20(14)10-13-18-19-15(21-13)11-4-3-5-11/h1-2,6-9,11H,3-5,10H2. The topological polar surface area (TPSA) is 69.6 Å². The summed E-state index contributed by atoms with van der Waals surface area (Å²) in [6.07, 6.45) is 8.99. The van der Waals surface area contributed by atoms with E-state index in [9.17, 15) is 0 Å². The van der Waals surface area contributed by atoms with Crippen LogP contribution >= 0.6 is 0 Å². The van der Waals surface area contributed by atoms with E-state index in [1.807, 2.05) is 29.0 Å². The highest BCUT2D eigenvalue weighted by atomic mass is 16.4. The Morgan fingerprint density at radius 3 is 2.86 bits per heavy atom. The number of hydrogen-bond acceptors (Lipinski definition) is 5. The normalized spacial score (nSPS) is 15.0. The Kier molecular flexibility index (Phi) is 2.99. The molecule has 1 aliphatic rings. The molecule has 3 aromatic rings. The van der Waals surface area contributed by atoms with Crippen LogP contribution in [-0.4, -0.2) is 24.7 Å². The molecule has 3 heterocycles. The van der Waals surface area contributed by atoms with Gasteiger partial charge in [-0.3, -0.25) is 4.98 Å². The molecule has 0 atom stereocenters. The lowest BCUT2D eigenvalue weighted by Crippen LogP contribution is -2.08. The third kappa shape index (κ3) is 2.33. The fourth-order valence-electron chi connectivity index (χ4n) is 2.46. The SMILES string of the molecule is c1ccc(-c2nccn2Cc2nnc(C3CCC3)o2)nc1. The number of nitrogens with zero attached hydrogens (tertiary/aromatic N) is 5. The van der Waals surface area contributed by atoms with Gasteiger partial charge in [-0.05, 0) is 25.0 Å². The van der Waals surface area contributed by atoms with Crippen LogP contribution in [0, 0.1) is 0 Å². The fraction of sp³-hybridized carbons (Fsp3) is 0.333. The smallest absolute Gasteiger partial charge is 0.236 e.